The van der Waals surface area contributed by atoms with E-state index in [0.29, 0.717) is 46.3 Å². The van der Waals surface area contributed by atoms with Crippen LogP contribution in [0.5, 0.6) is 11.5 Å². The molecular weight excluding hydrogens is 568 g/mol. The van der Waals surface area contributed by atoms with Crippen LogP contribution in [0.2, 0.25) is 5.02 Å². The van der Waals surface area contributed by atoms with Crippen LogP contribution in [0.3, 0.4) is 0 Å². The van der Waals surface area contributed by atoms with Gasteiger partial charge in [-0.2, -0.15) is 0 Å². The number of halogens is 1. The molecule has 0 N–H and O–H groups in total. The van der Waals surface area contributed by atoms with Crippen molar-refractivity contribution in [1.29, 1.82) is 0 Å². The normalized spacial score (nSPS) is 14.9. The van der Waals surface area contributed by atoms with Crippen LogP contribution < -0.4 is 9.47 Å². The summed E-state index contributed by atoms with van der Waals surface area (Å²) in [5, 5.41) is 0.580. The van der Waals surface area contributed by atoms with Gasteiger partial charge >= 0.3 is 5.97 Å². The Balaban J connectivity index is 1.46. The third-order valence-electron chi connectivity index (χ3n) is 7.66. The minimum absolute atomic E-state index is 0.0967. The number of hydrogen-bond acceptors (Lipinski definition) is 6. The monoisotopic (exact) mass is 604 g/mol. The minimum atomic E-state index is -0.436. The van der Waals surface area contributed by atoms with Gasteiger partial charge in [0.2, 0.25) is 5.91 Å². The SMILES string of the molecule is CCOC(=O)C1=C(C)N(Cc2ccc(C(=O)N(C)CCc3ccc(OC)c(OC)c3)cc2)C(=O)CC1c1ccc(Cl)cc1. The molecule has 1 aliphatic heterocycles. The van der Waals surface area contributed by atoms with Crippen molar-refractivity contribution < 1.29 is 28.6 Å². The lowest BCUT2D eigenvalue weighted by Crippen LogP contribution is -2.38. The molecule has 2 amide bonds. The molecule has 0 bridgehead atoms. The van der Waals surface area contributed by atoms with Crippen molar-refractivity contribution in [3.05, 3.63) is 105 Å². The molecule has 9 heteroatoms. The van der Waals surface area contributed by atoms with E-state index in [0.717, 1.165) is 16.7 Å². The summed E-state index contributed by atoms with van der Waals surface area (Å²) in [6.45, 7) is 4.55. The van der Waals surface area contributed by atoms with Crippen molar-refractivity contribution in [3.8, 4) is 11.5 Å². The quantitative estimate of drug-likeness (QED) is 0.249. The molecule has 0 saturated heterocycles. The summed E-state index contributed by atoms with van der Waals surface area (Å²) in [7, 11) is 4.96. The van der Waals surface area contributed by atoms with Crippen LogP contribution >= 0.6 is 11.6 Å². The number of allylic oxidation sites excluding steroid dienone is 1. The molecule has 0 aliphatic carbocycles. The van der Waals surface area contributed by atoms with Gasteiger partial charge in [-0.1, -0.05) is 41.9 Å². The molecule has 43 heavy (non-hydrogen) atoms. The number of carbonyl (C=O) groups excluding carboxylic acids is 3. The van der Waals surface area contributed by atoms with Crippen molar-refractivity contribution >= 4 is 29.4 Å². The fourth-order valence-electron chi connectivity index (χ4n) is 5.25. The van der Waals surface area contributed by atoms with Gasteiger partial charge in [-0.3, -0.25) is 9.59 Å². The third kappa shape index (κ3) is 7.38. The van der Waals surface area contributed by atoms with Gasteiger partial charge in [-0.05, 0) is 73.4 Å². The van der Waals surface area contributed by atoms with E-state index < -0.39 is 11.9 Å². The Morgan fingerprint density at radius 2 is 1.60 bits per heavy atom. The second-order valence-electron chi connectivity index (χ2n) is 10.4. The molecule has 0 aromatic heterocycles. The van der Waals surface area contributed by atoms with Crippen LogP contribution in [-0.4, -0.2) is 62.0 Å². The van der Waals surface area contributed by atoms with E-state index in [9.17, 15) is 14.4 Å². The van der Waals surface area contributed by atoms with Crippen molar-refractivity contribution in [1.82, 2.24) is 9.80 Å². The van der Waals surface area contributed by atoms with E-state index in [2.05, 4.69) is 0 Å². The molecule has 1 aliphatic rings. The molecule has 1 unspecified atom stereocenters. The Morgan fingerprint density at radius 1 is 0.953 bits per heavy atom. The van der Waals surface area contributed by atoms with Gasteiger partial charge in [-0.15, -0.1) is 0 Å². The zero-order chi connectivity index (χ0) is 31.1. The first-order valence-electron chi connectivity index (χ1n) is 14.2. The average molecular weight is 605 g/mol. The number of ether oxygens (including phenoxy) is 3. The molecule has 1 heterocycles. The predicted octanol–water partition coefficient (Wildman–Crippen LogP) is 6.03. The minimum Gasteiger partial charge on any atom is -0.493 e. The number of methoxy groups -OCH3 is 2. The molecular formula is C34H37ClN2O6. The number of amides is 2. The van der Waals surface area contributed by atoms with Crippen molar-refractivity contribution in [2.75, 3.05) is 34.4 Å². The first-order chi connectivity index (χ1) is 20.7. The molecule has 8 nitrogen and oxygen atoms in total. The fourth-order valence-corrected chi connectivity index (χ4v) is 5.37. The highest BCUT2D eigenvalue weighted by atomic mass is 35.5. The Morgan fingerprint density at radius 3 is 2.23 bits per heavy atom. The summed E-state index contributed by atoms with van der Waals surface area (Å²) in [4.78, 5) is 42.8. The molecule has 1 atom stereocenters. The van der Waals surface area contributed by atoms with Crippen LogP contribution in [0.15, 0.2) is 78.0 Å². The number of nitrogens with zero attached hydrogens (tertiary/aromatic N) is 2. The maximum atomic E-state index is 13.4. The van der Waals surface area contributed by atoms with E-state index >= 15 is 0 Å². The number of likely N-dealkylation sites (N-methyl/N-ethyl adjacent to an activating group) is 1. The summed E-state index contributed by atoms with van der Waals surface area (Å²) < 4.78 is 16.1. The molecule has 0 radical (unpaired) electrons. The third-order valence-corrected chi connectivity index (χ3v) is 7.91. The van der Waals surface area contributed by atoms with Gasteiger partial charge in [-0.25, -0.2) is 4.79 Å². The van der Waals surface area contributed by atoms with Crippen LogP contribution in [-0.2, 0) is 27.3 Å². The smallest absolute Gasteiger partial charge is 0.336 e. The molecule has 0 saturated carbocycles. The fraction of sp³-hybridized carbons (Fsp3) is 0.324. The first-order valence-corrected chi connectivity index (χ1v) is 14.5. The zero-order valence-electron chi connectivity index (χ0n) is 25.2. The van der Waals surface area contributed by atoms with E-state index in [-0.39, 0.29) is 31.4 Å². The Labute approximate surface area is 257 Å². The van der Waals surface area contributed by atoms with E-state index in [4.69, 9.17) is 25.8 Å². The number of benzene rings is 3. The van der Waals surface area contributed by atoms with Gasteiger partial charge in [0.05, 0.1) is 32.9 Å². The van der Waals surface area contributed by atoms with Crippen molar-refractivity contribution in [3.63, 3.8) is 0 Å². The van der Waals surface area contributed by atoms with Crippen LogP contribution in [0.1, 0.15) is 53.2 Å². The van der Waals surface area contributed by atoms with Gasteiger partial charge < -0.3 is 24.0 Å². The number of rotatable bonds is 11. The molecule has 3 aromatic rings. The lowest BCUT2D eigenvalue weighted by molar-refractivity contribution is -0.140. The lowest BCUT2D eigenvalue weighted by Gasteiger charge is -2.34. The molecule has 0 fully saturated rings. The predicted molar refractivity (Wildman–Crippen MR) is 165 cm³/mol. The Hall–Kier alpha value is -4.30. The Kier molecular flexibility index (Phi) is 10.5. The summed E-state index contributed by atoms with van der Waals surface area (Å²) in [5.41, 5.74) is 4.27. The standard InChI is InChI=1S/C34H37ClN2O6/c1-6-43-34(40)32-22(2)37(31(38)20-28(32)25-12-14-27(35)15-13-25)21-24-7-10-26(11-8-24)33(39)36(3)18-17-23-9-16-29(41-4)30(19-23)42-5/h7-16,19,28H,6,17-18,20-21H2,1-5H3. The summed E-state index contributed by atoms with van der Waals surface area (Å²) in [6.07, 6.45) is 0.789. The average Bonchev–Trinajstić information content (AvgIpc) is 3.01. The van der Waals surface area contributed by atoms with E-state index in [1.807, 2.05) is 42.5 Å². The van der Waals surface area contributed by atoms with E-state index in [1.165, 1.54) is 0 Å². The van der Waals surface area contributed by atoms with Crippen LogP contribution in [0.4, 0.5) is 0 Å². The second kappa shape index (κ2) is 14.2. The molecule has 3 aromatic carbocycles. The van der Waals surface area contributed by atoms with Gasteiger partial charge in [0.15, 0.2) is 11.5 Å². The second-order valence-corrected chi connectivity index (χ2v) is 10.8. The number of hydrogen-bond donors (Lipinski definition) is 0. The molecule has 226 valence electrons. The van der Waals surface area contributed by atoms with Gasteiger partial charge in [0.25, 0.3) is 5.91 Å². The highest BCUT2D eigenvalue weighted by Crippen LogP contribution is 2.38. The van der Waals surface area contributed by atoms with Crippen LogP contribution in [0, 0.1) is 0 Å². The summed E-state index contributed by atoms with van der Waals surface area (Å²) in [5.74, 6) is 0.250. The Bertz CT molecular complexity index is 1500. The lowest BCUT2D eigenvalue weighted by atomic mass is 9.83. The highest BCUT2D eigenvalue weighted by molar-refractivity contribution is 6.30. The summed E-state index contributed by atoms with van der Waals surface area (Å²) in [6, 6.07) is 20.1. The van der Waals surface area contributed by atoms with Gasteiger partial charge in [0.1, 0.15) is 0 Å². The van der Waals surface area contributed by atoms with Crippen molar-refractivity contribution in [2.45, 2.75) is 39.2 Å². The first kappa shape index (κ1) is 31.6. The zero-order valence-corrected chi connectivity index (χ0v) is 25.9. The summed E-state index contributed by atoms with van der Waals surface area (Å²) >= 11 is 6.07. The molecule has 0 spiro atoms. The van der Waals surface area contributed by atoms with E-state index in [1.54, 1.807) is 69.2 Å². The van der Waals surface area contributed by atoms with Crippen molar-refractivity contribution in [2.24, 2.45) is 0 Å². The largest absolute Gasteiger partial charge is 0.493 e. The van der Waals surface area contributed by atoms with Crippen LogP contribution in [0.25, 0.3) is 0 Å². The van der Waals surface area contributed by atoms with Gasteiger partial charge in [0, 0.05) is 42.2 Å². The highest BCUT2D eigenvalue weighted by Gasteiger charge is 2.37. The maximum absolute atomic E-state index is 13.4. The topological polar surface area (TPSA) is 85.4 Å². The molecule has 4 rings (SSSR count). The number of carbonyl (C=O) groups is 3. The number of esters is 1. The maximum Gasteiger partial charge on any atom is 0.336 e.